The van der Waals surface area contributed by atoms with Crippen LogP contribution in [0.5, 0.6) is 0 Å². The van der Waals surface area contributed by atoms with Crippen molar-refractivity contribution < 1.29 is 0 Å². The molecule has 2 rings (SSSR count). The number of rotatable bonds is 3. The van der Waals surface area contributed by atoms with Crippen LogP contribution in [-0.4, -0.2) is 22.6 Å². The SMILES string of the molecule is CCN(c1nc(N)ncc1Cl)C1CCCC1. The third kappa shape index (κ3) is 2.21. The van der Waals surface area contributed by atoms with Gasteiger partial charge in [-0.3, -0.25) is 0 Å². The Morgan fingerprint density at radius 2 is 2.19 bits per heavy atom. The summed E-state index contributed by atoms with van der Waals surface area (Å²) >= 11 is 6.13. The lowest BCUT2D eigenvalue weighted by Gasteiger charge is -2.29. The van der Waals surface area contributed by atoms with E-state index in [1.165, 1.54) is 25.7 Å². The summed E-state index contributed by atoms with van der Waals surface area (Å²) < 4.78 is 0. The summed E-state index contributed by atoms with van der Waals surface area (Å²) in [6.07, 6.45) is 6.59. The first-order chi connectivity index (χ1) is 7.72. The van der Waals surface area contributed by atoms with Crippen LogP contribution in [0.15, 0.2) is 6.20 Å². The van der Waals surface area contributed by atoms with E-state index in [0.717, 1.165) is 12.4 Å². The molecule has 2 N–H and O–H groups in total. The summed E-state index contributed by atoms with van der Waals surface area (Å²) in [6.45, 7) is 3.02. The molecular weight excluding hydrogens is 224 g/mol. The molecule has 0 unspecified atom stereocenters. The summed E-state index contributed by atoms with van der Waals surface area (Å²) in [5, 5.41) is 0.586. The van der Waals surface area contributed by atoms with Crippen molar-refractivity contribution in [2.45, 2.75) is 38.6 Å². The maximum atomic E-state index is 6.13. The standard InChI is InChI=1S/C11H17ClN4/c1-2-16(8-5-3-4-6-8)10-9(12)7-14-11(13)15-10/h7-8H,2-6H2,1H3,(H2,13,14,15). The molecule has 5 heteroatoms. The van der Waals surface area contributed by atoms with Crippen molar-refractivity contribution in [3.63, 3.8) is 0 Å². The molecular formula is C11H17ClN4. The van der Waals surface area contributed by atoms with Crippen LogP contribution in [-0.2, 0) is 0 Å². The number of anilines is 2. The summed E-state index contributed by atoms with van der Waals surface area (Å²) in [5.41, 5.74) is 5.61. The third-order valence-corrected chi connectivity index (χ3v) is 3.39. The predicted molar refractivity (Wildman–Crippen MR) is 66.7 cm³/mol. The third-order valence-electron chi connectivity index (χ3n) is 3.12. The van der Waals surface area contributed by atoms with E-state index in [-0.39, 0.29) is 5.95 Å². The first kappa shape index (κ1) is 11.5. The lowest BCUT2D eigenvalue weighted by molar-refractivity contribution is 0.613. The Bertz CT molecular complexity index is 363. The molecule has 1 fully saturated rings. The van der Waals surface area contributed by atoms with E-state index < -0.39 is 0 Å². The van der Waals surface area contributed by atoms with Crippen molar-refractivity contribution in [1.82, 2.24) is 9.97 Å². The van der Waals surface area contributed by atoms with Crippen LogP contribution in [0.25, 0.3) is 0 Å². The monoisotopic (exact) mass is 240 g/mol. The van der Waals surface area contributed by atoms with Gasteiger partial charge in [-0.2, -0.15) is 4.98 Å². The molecule has 1 aromatic rings. The molecule has 1 aliphatic carbocycles. The first-order valence-electron chi connectivity index (χ1n) is 5.77. The minimum atomic E-state index is 0.288. The predicted octanol–water partition coefficient (Wildman–Crippen LogP) is 2.48. The summed E-state index contributed by atoms with van der Waals surface area (Å²) in [4.78, 5) is 10.4. The average Bonchev–Trinajstić information content (AvgIpc) is 2.78. The fourth-order valence-electron chi connectivity index (χ4n) is 2.37. The molecule has 0 spiro atoms. The lowest BCUT2D eigenvalue weighted by Crippen LogP contribution is -2.34. The van der Waals surface area contributed by atoms with Crippen LogP contribution in [0.1, 0.15) is 32.6 Å². The number of aromatic nitrogens is 2. The Kier molecular flexibility index (Phi) is 3.49. The molecule has 1 aliphatic rings. The highest BCUT2D eigenvalue weighted by molar-refractivity contribution is 6.32. The number of nitrogens with zero attached hydrogens (tertiary/aromatic N) is 3. The topological polar surface area (TPSA) is 55.0 Å². The average molecular weight is 241 g/mol. The highest BCUT2D eigenvalue weighted by Gasteiger charge is 2.24. The lowest BCUT2D eigenvalue weighted by atomic mass is 10.2. The highest BCUT2D eigenvalue weighted by Crippen LogP contribution is 2.31. The Balaban J connectivity index is 2.28. The number of nitrogen functional groups attached to an aromatic ring is 1. The quantitative estimate of drug-likeness (QED) is 0.882. The Morgan fingerprint density at radius 1 is 1.50 bits per heavy atom. The van der Waals surface area contributed by atoms with E-state index in [2.05, 4.69) is 21.8 Å². The molecule has 16 heavy (non-hydrogen) atoms. The fraction of sp³-hybridized carbons (Fsp3) is 0.636. The zero-order valence-electron chi connectivity index (χ0n) is 9.49. The molecule has 1 heterocycles. The van der Waals surface area contributed by atoms with Gasteiger partial charge in [-0.1, -0.05) is 24.4 Å². The molecule has 0 saturated heterocycles. The summed E-state index contributed by atoms with van der Waals surface area (Å²) in [5.74, 6) is 1.07. The molecule has 0 bridgehead atoms. The second kappa shape index (κ2) is 4.87. The molecule has 0 aliphatic heterocycles. The van der Waals surface area contributed by atoms with E-state index in [0.29, 0.717) is 11.1 Å². The maximum absolute atomic E-state index is 6.13. The molecule has 1 saturated carbocycles. The Morgan fingerprint density at radius 3 is 2.81 bits per heavy atom. The molecule has 0 aromatic carbocycles. The number of halogens is 1. The van der Waals surface area contributed by atoms with Gasteiger partial charge in [0.05, 0.1) is 6.20 Å². The van der Waals surface area contributed by atoms with Crippen LogP contribution in [0.3, 0.4) is 0 Å². The molecule has 88 valence electrons. The molecule has 0 atom stereocenters. The van der Waals surface area contributed by atoms with E-state index in [9.17, 15) is 0 Å². The van der Waals surface area contributed by atoms with Crippen molar-refractivity contribution in [2.24, 2.45) is 0 Å². The van der Waals surface area contributed by atoms with Crippen molar-refractivity contribution in [2.75, 3.05) is 17.2 Å². The van der Waals surface area contributed by atoms with Crippen LogP contribution in [0.4, 0.5) is 11.8 Å². The second-order valence-electron chi connectivity index (χ2n) is 4.12. The number of nitrogens with two attached hydrogens (primary N) is 1. The van der Waals surface area contributed by atoms with Gasteiger partial charge in [0, 0.05) is 12.6 Å². The van der Waals surface area contributed by atoms with Gasteiger partial charge in [0.15, 0.2) is 5.82 Å². The van der Waals surface area contributed by atoms with Crippen molar-refractivity contribution in [3.05, 3.63) is 11.2 Å². The largest absolute Gasteiger partial charge is 0.368 e. The van der Waals surface area contributed by atoms with Gasteiger partial charge < -0.3 is 10.6 Å². The molecule has 0 radical (unpaired) electrons. The van der Waals surface area contributed by atoms with E-state index >= 15 is 0 Å². The van der Waals surface area contributed by atoms with E-state index in [1.807, 2.05) is 0 Å². The molecule has 1 aromatic heterocycles. The van der Waals surface area contributed by atoms with Gasteiger partial charge in [0.2, 0.25) is 5.95 Å². The van der Waals surface area contributed by atoms with Crippen molar-refractivity contribution in [1.29, 1.82) is 0 Å². The van der Waals surface area contributed by atoms with Crippen molar-refractivity contribution in [3.8, 4) is 0 Å². The number of hydrogen-bond donors (Lipinski definition) is 1. The van der Waals surface area contributed by atoms with E-state index in [4.69, 9.17) is 17.3 Å². The Labute approximate surface area is 101 Å². The minimum Gasteiger partial charge on any atom is -0.368 e. The van der Waals surface area contributed by atoms with Crippen LogP contribution >= 0.6 is 11.6 Å². The summed E-state index contributed by atoms with van der Waals surface area (Å²) in [7, 11) is 0. The van der Waals surface area contributed by atoms with Gasteiger partial charge in [0.1, 0.15) is 5.02 Å². The number of hydrogen-bond acceptors (Lipinski definition) is 4. The Hall–Kier alpha value is -1.03. The summed E-state index contributed by atoms with van der Waals surface area (Å²) in [6, 6.07) is 0.553. The normalized spacial score (nSPS) is 16.6. The van der Waals surface area contributed by atoms with Gasteiger partial charge in [-0.25, -0.2) is 4.98 Å². The van der Waals surface area contributed by atoms with Crippen molar-refractivity contribution >= 4 is 23.4 Å². The highest BCUT2D eigenvalue weighted by atomic mass is 35.5. The smallest absolute Gasteiger partial charge is 0.222 e. The van der Waals surface area contributed by atoms with Crippen LogP contribution < -0.4 is 10.6 Å². The van der Waals surface area contributed by atoms with E-state index in [1.54, 1.807) is 6.20 Å². The van der Waals surface area contributed by atoms with Gasteiger partial charge in [0.25, 0.3) is 0 Å². The zero-order valence-corrected chi connectivity index (χ0v) is 10.2. The van der Waals surface area contributed by atoms with Gasteiger partial charge in [-0.05, 0) is 19.8 Å². The molecule has 4 nitrogen and oxygen atoms in total. The molecule has 0 amide bonds. The van der Waals surface area contributed by atoms with Crippen LogP contribution in [0.2, 0.25) is 5.02 Å². The first-order valence-corrected chi connectivity index (χ1v) is 6.14. The van der Waals surface area contributed by atoms with Crippen LogP contribution in [0, 0.1) is 0 Å². The van der Waals surface area contributed by atoms with Gasteiger partial charge >= 0.3 is 0 Å². The zero-order chi connectivity index (χ0) is 11.5. The fourth-order valence-corrected chi connectivity index (χ4v) is 2.57. The van der Waals surface area contributed by atoms with Gasteiger partial charge in [-0.15, -0.1) is 0 Å². The minimum absolute atomic E-state index is 0.288. The maximum Gasteiger partial charge on any atom is 0.222 e. The second-order valence-corrected chi connectivity index (χ2v) is 4.53.